The van der Waals surface area contributed by atoms with E-state index in [2.05, 4.69) is 10.6 Å². The number of amides is 2. The molecule has 1 aliphatic carbocycles. The van der Waals surface area contributed by atoms with Gasteiger partial charge in [0, 0.05) is 17.3 Å². The molecule has 4 heteroatoms. The van der Waals surface area contributed by atoms with E-state index in [9.17, 15) is 9.59 Å². The van der Waals surface area contributed by atoms with E-state index >= 15 is 0 Å². The molecule has 4 nitrogen and oxygen atoms in total. The number of anilines is 1. The molecule has 0 aliphatic heterocycles. The first-order valence-corrected chi connectivity index (χ1v) is 5.32. The minimum Gasteiger partial charge on any atom is -0.349 e. The van der Waals surface area contributed by atoms with Crippen molar-refractivity contribution in [2.45, 2.75) is 25.8 Å². The third kappa shape index (κ3) is 2.39. The van der Waals surface area contributed by atoms with Crippen LogP contribution < -0.4 is 10.6 Å². The lowest BCUT2D eigenvalue weighted by atomic mass is 10.1. The fourth-order valence-electron chi connectivity index (χ4n) is 1.48. The molecule has 1 aromatic rings. The van der Waals surface area contributed by atoms with Gasteiger partial charge in [0.2, 0.25) is 6.41 Å². The van der Waals surface area contributed by atoms with Crippen molar-refractivity contribution >= 4 is 18.0 Å². The van der Waals surface area contributed by atoms with Crippen molar-refractivity contribution in [3.05, 3.63) is 29.3 Å². The van der Waals surface area contributed by atoms with Crippen molar-refractivity contribution in [3.63, 3.8) is 0 Å². The molecule has 0 radical (unpaired) electrons. The van der Waals surface area contributed by atoms with Crippen molar-refractivity contribution in [1.29, 1.82) is 0 Å². The molecule has 1 fully saturated rings. The average molecular weight is 218 g/mol. The summed E-state index contributed by atoms with van der Waals surface area (Å²) in [6, 6.07) is 5.63. The highest BCUT2D eigenvalue weighted by Gasteiger charge is 2.23. The van der Waals surface area contributed by atoms with Crippen LogP contribution in [0.2, 0.25) is 0 Å². The Morgan fingerprint density at radius 2 is 2.19 bits per heavy atom. The molecule has 1 saturated carbocycles. The second-order valence-corrected chi connectivity index (χ2v) is 4.04. The van der Waals surface area contributed by atoms with E-state index in [1.54, 1.807) is 12.1 Å². The van der Waals surface area contributed by atoms with Gasteiger partial charge >= 0.3 is 0 Å². The molecule has 0 atom stereocenters. The highest BCUT2D eigenvalue weighted by Crippen LogP contribution is 2.21. The number of hydrogen-bond acceptors (Lipinski definition) is 2. The molecular weight excluding hydrogens is 204 g/mol. The lowest BCUT2D eigenvalue weighted by Crippen LogP contribution is -2.25. The van der Waals surface area contributed by atoms with Gasteiger partial charge in [0.15, 0.2) is 0 Å². The van der Waals surface area contributed by atoms with E-state index in [-0.39, 0.29) is 5.91 Å². The molecule has 0 heterocycles. The van der Waals surface area contributed by atoms with E-state index < -0.39 is 0 Å². The summed E-state index contributed by atoms with van der Waals surface area (Å²) in [6.07, 6.45) is 2.75. The molecule has 0 saturated heterocycles. The number of aryl methyl sites for hydroxylation is 1. The van der Waals surface area contributed by atoms with Crippen LogP contribution >= 0.6 is 0 Å². The maximum atomic E-state index is 11.7. The van der Waals surface area contributed by atoms with Crippen LogP contribution in [-0.2, 0) is 4.79 Å². The zero-order valence-corrected chi connectivity index (χ0v) is 9.12. The van der Waals surface area contributed by atoms with Crippen molar-refractivity contribution in [3.8, 4) is 0 Å². The molecule has 0 spiro atoms. The monoisotopic (exact) mass is 218 g/mol. The zero-order valence-electron chi connectivity index (χ0n) is 9.12. The molecule has 1 aromatic carbocycles. The number of carbonyl (C=O) groups is 2. The highest BCUT2D eigenvalue weighted by molar-refractivity contribution is 5.96. The molecule has 2 rings (SSSR count). The molecule has 0 unspecified atom stereocenters. The topological polar surface area (TPSA) is 58.2 Å². The fraction of sp³-hybridized carbons (Fsp3) is 0.333. The minimum absolute atomic E-state index is 0.0727. The number of hydrogen-bond donors (Lipinski definition) is 2. The first kappa shape index (κ1) is 10.7. The van der Waals surface area contributed by atoms with Crippen LogP contribution in [0.1, 0.15) is 28.8 Å². The summed E-state index contributed by atoms with van der Waals surface area (Å²) in [5, 5.41) is 5.48. The maximum Gasteiger partial charge on any atom is 0.251 e. The van der Waals surface area contributed by atoms with Gasteiger partial charge in [-0.3, -0.25) is 9.59 Å². The summed E-state index contributed by atoms with van der Waals surface area (Å²) in [6.45, 7) is 1.88. The molecule has 0 bridgehead atoms. The fourth-order valence-corrected chi connectivity index (χ4v) is 1.48. The van der Waals surface area contributed by atoms with Crippen molar-refractivity contribution in [2.24, 2.45) is 0 Å². The van der Waals surface area contributed by atoms with Gasteiger partial charge in [-0.05, 0) is 37.5 Å². The van der Waals surface area contributed by atoms with Crippen molar-refractivity contribution in [1.82, 2.24) is 5.32 Å². The van der Waals surface area contributed by atoms with E-state index in [1.807, 2.05) is 13.0 Å². The molecule has 0 aromatic heterocycles. The molecular formula is C12H14N2O2. The van der Waals surface area contributed by atoms with Gasteiger partial charge in [-0.25, -0.2) is 0 Å². The zero-order chi connectivity index (χ0) is 11.5. The molecule has 2 N–H and O–H groups in total. The second-order valence-electron chi connectivity index (χ2n) is 4.04. The Labute approximate surface area is 94.0 Å². The van der Waals surface area contributed by atoms with Crippen molar-refractivity contribution < 1.29 is 9.59 Å². The number of carbonyl (C=O) groups excluding carboxylic acids is 2. The first-order valence-electron chi connectivity index (χ1n) is 5.32. The van der Waals surface area contributed by atoms with Gasteiger partial charge in [-0.15, -0.1) is 0 Å². The number of benzene rings is 1. The van der Waals surface area contributed by atoms with E-state index in [4.69, 9.17) is 0 Å². The Morgan fingerprint density at radius 3 is 2.81 bits per heavy atom. The lowest BCUT2D eigenvalue weighted by Gasteiger charge is -2.07. The predicted octanol–water partition coefficient (Wildman–Crippen LogP) is 1.46. The van der Waals surface area contributed by atoms with Crippen LogP contribution in [0.5, 0.6) is 0 Å². The Bertz CT molecular complexity index is 425. The third-order valence-electron chi connectivity index (χ3n) is 2.63. The van der Waals surface area contributed by atoms with Crippen LogP contribution in [0.3, 0.4) is 0 Å². The van der Waals surface area contributed by atoms with Gasteiger partial charge in [-0.2, -0.15) is 0 Å². The second kappa shape index (κ2) is 4.35. The van der Waals surface area contributed by atoms with E-state index in [0.717, 1.165) is 18.4 Å². The number of nitrogens with one attached hydrogen (secondary N) is 2. The normalized spacial score (nSPS) is 14.3. The van der Waals surface area contributed by atoms with Gasteiger partial charge < -0.3 is 10.6 Å². The summed E-state index contributed by atoms with van der Waals surface area (Å²) >= 11 is 0. The third-order valence-corrected chi connectivity index (χ3v) is 2.63. The lowest BCUT2D eigenvalue weighted by molar-refractivity contribution is -0.105. The maximum absolute atomic E-state index is 11.7. The van der Waals surface area contributed by atoms with Gasteiger partial charge in [0.25, 0.3) is 5.91 Å². The Morgan fingerprint density at radius 1 is 1.44 bits per heavy atom. The Balaban J connectivity index is 2.16. The van der Waals surface area contributed by atoms with Gasteiger partial charge in [0.05, 0.1) is 0 Å². The number of rotatable bonds is 4. The highest BCUT2D eigenvalue weighted by atomic mass is 16.1. The summed E-state index contributed by atoms with van der Waals surface area (Å²) in [5.74, 6) is -0.0727. The quantitative estimate of drug-likeness (QED) is 0.751. The molecule has 1 aliphatic rings. The van der Waals surface area contributed by atoms with Crippen LogP contribution in [0.25, 0.3) is 0 Å². The van der Waals surface area contributed by atoms with E-state index in [0.29, 0.717) is 23.7 Å². The summed E-state index contributed by atoms with van der Waals surface area (Å²) < 4.78 is 0. The predicted molar refractivity (Wildman–Crippen MR) is 61.4 cm³/mol. The Kier molecular flexibility index (Phi) is 2.90. The Hall–Kier alpha value is -1.84. The molecule has 84 valence electrons. The van der Waals surface area contributed by atoms with E-state index in [1.165, 1.54) is 0 Å². The van der Waals surface area contributed by atoms with Crippen LogP contribution in [-0.4, -0.2) is 18.4 Å². The van der Waals surface area contributed by atoms with Crippen LogP contribution in [0, 0.1) is 6.92 Å². The average Bonchev–Trinajstić information content (AvgIpc) is 3.05. The largest absolute Gasteiger partial charge is 0.349 e. The smallest absolute Gasteiger partial charge is 0.251 e. The van der Waals surface area contributed by atoms with Gasteiger partial charge in [-0.1, -0.05) is 6.07 Å². The SMILES string of the molecule is Cc1ccc(C(=O)NC2CC2)cc1NC=O. The van der Waals surface area contributed by atoms with Crippen LogP contribution in [0.15, 0.2) is 18.2 Å². The van der Waals surface area contributed by atoms with Crippen molar-refractivity contribution in [2.75, 3.05) is 5.32 Å². The first-order chi connectivity index (χ1) is 7.70. The summed E-state index contributed by atoms with van der Waals surface area (Å²) in [5.41, 5.74) is 2.20. The van der Waals surface area contributed by atoms with Gasteiger partial charge in [0.1, 0.15) is 0 Å². The van der Waals surface area contributed by atoms with Crippen LogP contribution in [0.4, 0.5) is 5.69 Å². The minimum atomic E-state index is -0.0727. The summed E-state index contributed by atoms with van der Waals surface area (Å²) in [7, 11) is 0. The standard InChI is InChI=1S/C12H14N2O2/c1-8-2-3-9(6-11(8)13-7-15)12(16)14-10-4-5-10/h2-3,6-7,10H,4-5H2,1H3,(H,13,15)(H,14,16). The molecule has 2 amide bonds. The summed E-state index contributed by atoms with van der Waals surface area (Å²) in [4.78, 5) is 22.1. The molecule has 16 heavy (non-hydrogen) atoms.